The first-order chi connectivity index (χ1) is 13.5. The van der Waals surface area contributed by atoms with Crippen LogP contribution in [0.5, 0.6) is 0 Å². The Bertz CT molecular complexity index is 975. The summed E-state index contributed by atoms with van der Waals surface area (Å²) in [6.07, 6.45) is 2.01. The number of nitrogens with two attached hydrogens (primary N) is 1. The van der Waals surface area contributed by atoms with E-state index in [1.54, 1.807) is 0 Å². The number of amides is 1. The Morgan fingerprint density at radius 3 is 3.11 bits per heavy atom. The molecule has 3 heterocycles. The van der Waals surface area contributed by atoms with Crippen molar-refractivity contribution in [3.63, 3.8) is 0 Å². The van der Waals surface area contributed by atoms with Crippen LogP contribution in [0.4, 0.5) is 15.9 Å². The normalized spacial score (nSPS) is 21.2. The molecule has 1 aromatic heterocycles. The van der Waals surface area contributed by atoms with Gasteiger partial charge in [0.05, 0.1) is 31.2 Å². The number of anilines is 2. The first kappa shape index (κ1) is 18.4. The number of rotatable bonds is 4. The van der Waals surface area contributed by atoms with Crippen LogP contribution in [0.2, 0.25) is 0 Å². The van der Waals surface area contributed by atoms with Gasteiger partial charge in [-0.05, 0) is 24.0 Å². The summed E-state index contributed by atoms with van der Waals surface area (Å²) in [5.41, 5.74) is 6.44. The highest BCUT2D eigenvalue weighted by Crippen LogP contribution is 2.29. The van der Waals surface area contributed by atoms with Crippen molar-refractivity contribution in [1.29, 1.82) is 5.26 Å². The van der Waals surface area contributed by atoms with Crippen LogP contribution < -0.4 is 16.5 Å². The number of halogens is 1. The fraction of sp³-hybridized carbons (Fsp3) is 0.353. The molecular formula is C17H17BFN5O4. The van der Waals surface area contributed by atoms with Crippen LogP contribution in [0.25, 0.3) is 0 Å². The average Bonchev–Trinajstić information content (AvgIpc) is 3.26. The molecule has 0 saturated carbocycles. The molecule has 1 fully saturated rings. The van der Waals surface area contributed by atoms with Crippen molar-refractivity contribution in [1.82, 2.24) is 9.78 Å². The van der Waals surface area contributed by atoms with E-state index in [0.29, 0.717) is 18.5 Å². The first-order valence-corrected chi connectivity index (χ1v) is 8.73. The monoisotopic (exact) mass is 385 g/mol. The topological polar surface area (TPSA) is 135 Å². The molecule has 4 rings (SSSR count). The van der Waals surface area contributed by atoms with E-state index in [0.717, 1.165) is 0 Å². The lowest BCUT2D eigenvalue weighted by Crippen LogP contribution is -2.29. The van der Waals surface area contributed by atoms with Crippen molar-refractivity contribution >= 4 is 30.0 Å². The zero-order chi connectivity index (χ0) is 19.8. The van der Waals surface area contributed by atoms with Crippen LogP contribution >= 0.6 is 0 Å². The summed E-state index contributed by atoms with van der Waals surface area (Å²) in [6.45, 7) is 0.762. The summed E-state index contributed by atoms with van der Waals surface area (Å²) in [7, 11) is -1.21. The number of hydrogen-bond donors (Lipinski definition) is 3. The van der Waals surface area contributed by atoms with Crippen LogP contribution in [0.3, 0.4) is 0 Å². The molecule has 0 bridgehead atoms. The fourth-order valence-electron chi connectivity index (χ4n) is 3.46. The van der Waals surface area contributed by atoms with Crippen molar-refractivity contribution in [3.05, 3.63) is 35.3 Å². The Morgan fingerprint density at radius 1 is 1.54 bits per heavy atom. The second-order valence-corrected chi connectivity index (χ2v) is 6.72. The van der Waals surface area contributed by atoms with E-state index in [-0.39, 0.29) is 47.8 Å². The van der Waals surface area contributed by atoms with Gasteiger partial charge in [-0.1, -0.05) is 0 Å². The number of nitrogens with one attached hydrogen (secondary N) is 1. The Morgan fingerprint density at radius 2 is 2.36 bits per heavy atom. The van der Waals surface area contributed by atoms with Gasteiger partial charge in [-0.25, -0.2) is 4.39 Å². The number of carbonyl (C=O) groups is 1. The quantitative estimate of drug-likeness (QED) is 0.639. The molecule has 2 atom stereocenters. The lowest BCUT2D eigenvalue weighted by molar-refractivity contribution is 0.0342. The highest BCUT2D eigenvalue weighted by molar-refractivity contribution is 6.61. The molecule has 1 unspecified atom stereocenters. The van der Waals surface area contributed by atoms with E-state index >= 15 is 0 Å². The lowest BCUT2D eigenvalue weighted by atomic mass is 9.79. The summed E-state index contributed by atoms with van der Waals surface area (Å²) < 4.78 is 26.2. The van der Waals surface area contributed by atoms with E-state index < -0.39 is 18.8 Å². The van der Waals surface area contributed by atoms with Crippen LogP contribution in [-0.4, -0.2) is 41.0 Å². The fourth-order valence-corrected chi connectivity index (χ4v) is 3.46. The molecule has 2 aliphatic rings. The van der Waals surface area contributed by atoms with Gasteiger partial charge in [0.25, 0.3) is 5.91 Å². The molecule has 11 heteroatoms. The van der Waals surface area contributed by atoms with Crippen molar-refractivity contribution in [2.45, 2.75) is 19.1 Å². The molecule has 0 aliphatic carbocycles. The molecule has 4 N–H and O–H groups in total. The highest BCUT2D eigenvalue weighted by Gasteiger charge is 2.32. The predicted molar refractivity (Wildman–Crippen MR) is 96.4 cm³/mol. The number of ether oxygens (including phenoxy) is 1. The number of aromatic nitrogens is 2. The summed E-state index contributed by atoms with van der Waals surface area (Å²) in [6, 6.07) is 4.63. The Kier molecular flexibility index (Phi) is 4.76. The van der Waals surface area contributed by atoms with Crippen molar-refractivity contribution in [2.24, 2.45) is 11.7 Å². The van der Waals surface area contributed by atoms with Crippen molar-refractivity contribution < 1.29 is 23.6 Å². The van der Waals surface area contributed by atoms with Gasteiger partial charge in [0.2, 0.25) is 0 Å². The van der Waals surface area contributed by atoms with Gasteiger partial charge in [0.15, 0.2) is 5.82 Å². The molecule has 2 aromatic rings. The van der Waals surface area contributed by atoms with Gasteiger partial charge in [-0.2, -0.15) is 10.4 Å². The van der Waals surface area contributed by atoms with Crippen LogP contribution in [0, 0.1) is 23.1 Å². The molecule has 1 aromatic carbocycles. The van der Waals surface area contributed by atoms with E-state index in [9.17, 15) is 19.5 Å². The summed E-state index contributed by atoms with van der Waals surface area (Å²) in [5, 5.41) is 26.4. The molecule has 28 heavy (non-hydrogen) atoms. The third-order valence-corrected chi connectivity index (χ3v) is 4.97. The third-order valence-electron chi connectivity index (χ3n) is 4.97. The molecule has 144 valence electrons. The number of carbonyl (C=O) groups excluding carboxylic acids is 1. The number of primary amides is 1. The minimum absolute atomic E-state index is 0.0129. The standard InChI is InChI=1S/C17H17BFN5O4/c19-14-4-10(3-13-12(14)7-28-18(13)26)22-17-11(16(21)25)6-24(23-17)15-8-27-2-1-9(15)5-20/h3-4,6,9,15,26H,1-2,7-8H2,(H2,21,25)(H,22,23)/t9?,15-/m0/s1. The largest absolute Gasteiger partial charge is 0.491 e. The third kappa shape index (κ3) is 3.22. The predicted octanol–water partition coefficient (Wildman–Crippen LogP) is 0.184. The zero-order valence-corrected chi connectivity index (χ0v) is 14.8. The second kappa shape index (κ2) is 7.24. The first-order valence-electron chi connectivity index (χ1n) is 8.73. The SMILES string of the molecule is N#CC1CCOC[C@@H]1n1cc(C(N)=O)c(Nc2cc(F)c3c(c2)B(O)OC3)n1. The van der Waals surface area contributed by atoms with E-state index in [1.165, 1.54) is 23.0 Å². The van der Waals surface area contributed by atoms with Gasteiger partial charge in [-0.15, -0.1) is 0 Å². The van der Waals surface area contributed by atoms with Gasteiger partial charge >= 0.3 is 7.12 Å². The zero-order valence-electron chi connectivity index (χ0n) is 14.8. The Balaban J connectivity index is 1.68. The van der Waals surface area contributed by atoms with Gasteiger partial charge in [-0.3, -0.25) is 9.48 Å². The molecule has 0 spiro atoms. The molecule has 1 saturated heterocycles. The van der Waals surface area contributed by atoms with Crippen LogP contribution in [-0.2, 0) is 16.0 Å². The van der Waals surface area contributed by atoms with Gasteiger partial charge in [0, 0.05) is 24.1 Å². The molecule has 9 nitrogen and oxygen atoms in total. The second-order valence-electron chi connectivity index (χ2n) is 6.72. The van der Waals surface area contributed by atoms with Crippen LogP contribution in [0.15, 0.2) is 18.3 Å². The van der Waals surface area contributed by atoms with Crippen molar-refractivity contribution in [3.8, 4) is 6.07 Å². The number of hydrogen-bond acceptors (Lipinski definition) is 7. The number of nitrogens with zero attached hydrogens (tertiary/aromatic N) is 3. The molecule has 2 aliphatic heterocycles. The molecule has 0 radical (unpaired) electrons. The Hall–Kier alpha value is -2.94. The summed E-state index contributed by atoms with van der Waals surface area (Å²) in [5.74, 6) is -1.44. The maximum absolute atomic E-state index is 14.3. The number of benzene rings is 1. The van der Waals surface area contributed by atoms with Gasteiger partial charge in [0.1, 0.15) is 11.4 Å². The van der Waals surface area contributed by atoms with E-state index in [2.05, 4.69) is 16.5 Å². The summed E-state index contributed by atoms with van der Waals surface area (Å²) >= 11 is 0. The number of nitriles is 1. The molecular weight excluding hydrogens is 368 g/mol. The molecule has 1 amide bonds. The van der Waals surface area contributed by atoms with Crippen LogP contribution in [0.1, 0.15) is 28.4 Å². The van der Waals surface area contributed by atoms with E-state index in [4.69, 9.17) is 15.1 Å². The maximum atomic E-state index is 14.3. The van der Waals surface area contributed by atoms with Crippen molar-refractivity contribution in [2.75, 3.05) is 18.5 Å². The minimum atomic E-state index is -1.21. The number of fused-ring (bicyclic) bond motifs is 1. The van der Waals surface area contributed by atoms with Gasteiger partial charge < -0.3 is 25.5 Å². The Labute approximate surface area is 160 Å². The maximum Gasteiger partial charge on any atom is 0.491 e. The highest BCUT2D eigenvalue weighted by atomic mass is 19.1. The lowest BCUT2D eigenvalue weighted by Gasteiger charge is -2.26. The minimum Gasteiger partial charge on any atom is -0.423 e. The summed E-state index contributed by atoms with van der Waals surface area (Å²) in [4.78, 5) is 11.9. The smallest absolute Gasteiger partial charge is 0.423 e. The average molecular weight is 385 g/mol. The van der Waals surface area contributed by atoms with E-state index in [1.807, 2.05) is 0 Å².